The first-order chi connectivity index (χ1) is 9.79. The van der Waals surface area contributed by atoms with E-state index in [-0.39, 0.29) is 5.91 Å². The lowest BCUT2D eigenvalue weighted by molar-refractivity contribution is 0.0656. The highest BCUT2D eigenvalue weighted by Gasteiger charge is 2.24. The third-order valence-corrected chi connectivity index (χ3v) is 4.04. The number of fused-ring (bicyclic) bond motifs is 1. The second-order valence-electron chi connectivity index (χ2n) is 5.24. The molecule has 5 nitrogen and oxygen atoms in total. The van der Waals surface area contributed by atoms with Crippen molar-refractivity contribution in [2.45, 2.75) is 25.8 Å². The van der Waals surface area contributed by atoms with Crippen LogP contribution in [0.4, 0.5) is 0 Å². The summed E-state index contributed by atoms with van der Waals surface area (Å²) in [6.07, 6.45) is 3.84. The fourth-order valence-corrected chi connectivity index (χ4v) is 2.92. The second-order valence-corrected chi connectivity index (χ2v) is 5.24. The zero-order valence-corrected chi connectivity index (χ0v) is 11.7. The van der Waals surface area contributed by atoms with Gasteiger partial charge in [-0.2, -0.15) is 5.10 Å². The van der Waals surface area contributed by atoms with Crippen molar-refractivity contribution in [2.75, 3.05) is 19.6 Å². The number of nitrogens with zero attached hydrogens (tertiary/aromatic N) is 2. The molecule has 0 bridgehead atoms. The van der Waals surface area contributed by atoms with Crippen LogP contribution in [-0.2, 0) is 0 Å². The van der Waals surface area contributed by atoms with E-state index in [9.17, 15) is 4.79 Å². The van der Waals surface area contributed by atoms with Crippen molar-refractivity contribution in [1.82, 2.24) is 20.4 Å². The van der Waals surface area contributed by atoms with Crippen LogP contribution in [0.1, 0.15) is 30.1 Å². The number of piperidine rings is 1. The zero-order chi connectivity index (χ0) is 13.9. The molecule has 1 fully saturated rings. The van der Waals surface area contributed by atoms with Gasteiger partial charge in [0.05, 0.1) is 11.7 Å². The lowest BCUT2D eigenvalue weighted by Gasteiger charge is -2.34. The molecule has 1 aliphatic rings. The summed E-state index contributed by atoms with van der Waals surface area (Å²) >= 11 is 0. The molecule has 0 radical (unpaired) electrons. The van der Waals surface area contributed by atoms with Gasteiger partial charge in [0.1, 0.15) is 0 Å². The van der Waals surface area contributed by atoms with Crippen LogP contribution in [0, 0.1) is 0 Å². The predicted octanol–water partition coefficient (Wildman–Crippen LogP) is 1.78. The number of rotatable bonds is 3. The molecule has 1 aromatic heterocycles. The standard InChI is InChI=1S/C15H20N4O/c1-2-19(13-5-7-16-8-6-13)15(20)11-3-4-12-10-17-18-14(12)9-11/h3-4,9-10,13,16H,2,5-8H2,1H3,(H,17,18). The molecule has 106 valence electrons. The number of aromatic nitrogens is 2. The van der Waals surface area contributed by atoms with Gasteiger partial charge in [-0.05, 0) is 45.0 Å². The minimum atomic E-state index is 0.121. The molecule has 0 atom stereocenters. The zero-order valence-electron chi connectivity index (χ0n) is 11.7. The van der Waals surface area contributed by atoms with Gasteiger partial charge in [0, 0.05) is 23.5 Å². The third kappa shape index (κ3) is 2.41. The minimum Gasteiger partial charge on any atom is -0.336 e. The van der Waals surface area contributed by atoms with Crippen LogP contribution < -0.4 is 5.32 Å². The quantitative estimate of drug-likeness (QED) is 0.895. The molecule has 2 aromatic rings. The molecule has 1 aliphatic heterocycles. The molecule has 2 N–H and O–H groups in total. The number of carbonyl (C=O) groups is 1. The summed E-state index contributed by atoms with van der Waals surface area (Å²) in [5.74, 6) is 0.121. The number of aromatic amines is 1. The van der Waals surface area contributed by atoms with Gasteiger partial charge in [-0.3, -0.25) is 9.89 Å². The number of nitrogens with one attached hydrogen (secondary N) is 2. The smallest absolute Gasteiger partial charge is 0.254 e. The van der Waals surface area contributed by atoms with E-state index in [4.69, 9.17) is 0 Å². The van der Waals surface area contributed by atoms with E-state index in [1.54, 1.807) is 6.20 Å². The van der Waals surface area contributed by atoms with E-state index >= 15 is 0 Å². The Hall–Kier alpha value is -1.88. The Kier molecular flexibility index (Phi) is 3.69. The summed E-state index contributed by atoms with van der Waals surface area (Å²) in [5, 5.41) is 11.3. The van der Waals surface area contributed by atoms with Crippen molar-refractivity contribution in [1.29, 1.82) is 0 Å². The molecule has 1 saturated heterocycles. The number of amides is 1. The summed E-state index contributed by atoms with van der Waals surface area (Å²) in [5.41, 5.74) is 1.65. The summed E-state index contributed by atoms with van der Waals surface area (Å²) in [7, 11) is 0. The van der Waals surface area contributed by atoms with Crippen molar-refractivity contribution in [2.24, 2.45) is 0 Å². The van der Waals surface area contributed by atoms with Gasteiger partial charge in [-0.1, -0.05) is 6.07 Å². The van der Waals surface area contributed by atoms with E-state index in [0.29, 0.717) is 6.04 Å². The van der Waals surface area contributed by atoms with Gasteiger partial charge in [0.25, 0.3) is 5.91 Å². The molecule has 0 aliphatic carbocycles. The maximum atomic E-state index is 12.7. The normalized spacial score (nSPS) is 16.4. The molecule has 0 unspecified atom stereocenters. The molecule has 0 spiro atoms. The Morgan fingerprint density at radius 1 is 1.40 bits per heavy atom. The van der Waals surface area contributed by atoms with E-state index in [1.165, 1.54) is 0 Å². The first-order valence-electron chi connectivity index (χ1n) is 7.24. The summed E-state index contributed by atoms with van der Waals surface area (Å²) < 4.78 is 0. The molecule has 2 heterocycles. The molecule has 0 saturated carbocycles. The predicted molar refractivity (Wildman–Crippen MR) is 78.7 cm³/mol. The maximum absolute atomic E-state index is 12.7. The maximum Gasteiger partial charge on any atom is 0.254 e. The van der Waals surface area contributed by atoms with Gasteiger partial charge < -0.3 is 10.2 Å². The Morgan fingerprint density at radius 3 is 2.95 bits per heavy atom. The molecular weight excluding hydrogens is 252 g/mol. The van der Waals surface area contributed by atoms with Crippen LogP contribution >= 0.6 is 0 Å². The average molecular weight is 272 g/mol. The highest BCUT2D eigenvalue weighted by molar-refractivity contribution is 5.97. The van der Waals surface area contributed by atoms with E-state index < -0.39 is 0 Å². The SMILES string of the molecule is CCN(C(=O)c1ccc2cn[nH]c2c1)C1CCNCC1. The van der Waals surface area contributed by atoms with Crippen molar-refractivity contribution >= 4 is 16.8 Å². The number of hydrogen-bond donors (Lipinski definition) is 2. The third-order valence-electron chi connectivity index (χ3n) is 4.04. The van der Waals surface area contributed by atoms with Crippen LogP contribution in [0.5, 0.6) is 0 Å². The lowest BCUT2D eigenvalue weighted by atomic mass is 10.0. The fourth-order valence-electron chi connectivity index (χ4n) is 2.92. The van der Waals surface area contributed by atoms with Gasteiger partial charge in [0.15, 0.2) is 0 Å². The molecule has 5 heteroatoms. The number of carbonyl (C=O) groups excluding carboxylic acids is 1. The minimum absolute atomic E-state index is 0.121. The fraction of sp³-hybridized carbons (Fsp3) is 0.467. The lowest BCUT2D eigenvalue weighted by Crippen LogP contribution is -2.46. The van der Waals surface area contributed by atoms with Crippen molar-refractivity contribution < 1.29 is 4.79 Å². The summed E-state index contributed by atoms with van der Waals surface area (Å²) in [6, 6.07) is 6.09. The van der Waals surface area contributed by atoms with Gasteiger partial charge >= 0.3 is 0 Å². The molecule has 1 aromatic carbocycles. The van der Waals surface area contributed by atoms with Crippen molar-refractivity contribution in [3.63, 3.8) is 0 Å². The topological polar surface area (TPSA) is 61.0 Å². The molecule has 3 rings (SSSR count). The molecule has 20 heavy (non-hydrogen) atoms. The largest absolute Gasteiger partial charge is 0.336 e. The Labute approximate surface area is 118 Å². The molecular formula is C15H20N4O. The van der Waals surface area contributed by atoms with Crippen molar-refractivity contribution in [3.8, 4) is 0 Å². The van der Waals surface area contributed by atoms with Gasteiger partial charge in [-0.15, -0.1) is 0 Å². The van der Waals surface area contributed by atoms with Crippen molar-refractivity contribution in [3.05, 3.63) is 30.0 Å². The second kappa shape index (κ2) is 5.63. The number of H-pyrrole nitrogens is 1. The summed E-state index contributed by atoms with van der Waals surface area (Å²) in [6.45, 7) is 4.79. The summed E-state index contributed by atoms with van der Waals surface area (Å²) in [4.78, 5) is 14.7. The molecule has 1 amide bonds. The Morgan fingerprint density at radius 2 is 2.20 bits per heavy atom. The van der Waals surface area contributed by atoms with Crippen LogP contribution in [-0.4, -0.2) is 46.7 Å². The van der Waals surface area contributed by atoms with E-state index in [1.807, 2.05) is 23.1 Å². The monoisotopic (exact) mass is 272 g/mol. The first kappa shape index (κ1) is 13.1. The Bertz CT molecular complexity index is 601. The van der Waals surface area contributed by atoms with E-state index in [0.717, 1.165) is 48.9 Å². The van der Waals surface area contributed by atoms with Gasteiger partial charge in [-0.25, -0.2) is 0 Å². The van der Waals surface area contributed by atoms with Crippen LogP contribution in [0.15, 0.2) is 24.4 Å². The average Bonchev–Trinajstić information content (AvgIpc) is 2.96. The number of benzene rings is 1. The van der Waals surface area contributed by atoms with E-state index in [2.05, 4.69) is 22.4 Å². The van der Waals surface area contributed by atoms with Crippen LogP contribution in [0.25, 0.3) is 10.9 Å². The van der Waals surface area contributed by atoms with Gasteiger partial charge in [0.2, 0.25) is 0 Å². The van der Waals surface area contributed by atoms with Crippen LogP contribution in [0.2, 0.25) is 0 Å². The van der Waals surface area contributed by atoms with Crippen LogP contribution in [0.3, 0.4) is 0 Å². The first-order valence-corrected chi connectivity index (χ1v) is 7.24. The highest BCUT2D eigenvalue weighted by Crippen LogP contribution is 2.18. The highest BCUT2D eigenvalue weighted by atomic mass is 16.2. The number of hydrogen-bond acceptors (Lipinski definition) is 3. The Balaban J connectivity index is 1.84.